The lowest BCUT2D eigenvalue weighted by Gasteiger charge is -2.39. The predicted molar refractivity (Wildman–Crippen MR) is 80.3 cm³/mol. The van der Waals surface area contributed by atoms with Crippen molar-refractivity contribution in [2.45, 2.75) is 38.3 Å². The van der Waals surface area contributed by atoms with Crippen LogP contribution in [0.4, 0.5) is 0 Å². The Hall–Kier alpha value is -1.81. The molecule has 0 radical (unpaired) electrons. The van der Waals surface area contributed by atoms with Crippen molar-refractivity contribution in [3.8, 4) is 0 Å². The van der Waals surface area contributed by atoms with Crippen LogP contribution in [0.3, 0.4) is 0 Å². The van der Waals surface area contributed by atoms with Crippen LogP contribution in [0.25, 0.3) is 10.9 Å². The summed E-state index contributed by atoms with van der Waals surface area (Å²) >= 11 is 0. The summed E-state index contributed by atoms with van der Waals surface area (Å²) < 4.78 is 0. The zero-order valence-electron chi connectivity index (χ0n) is 11.8. The lowest BCUT2D eigenvalue weighted by atomic mass is 9.90. The molecule has 1 aliphatic heterocycles. The molecule has 1 saturated heterocycles. The van der Waals surface area contributed by atoms with Gasteiger partial charge in [0.25, 0.3) is 0 Å². The van der Waals surface area contributed by atoms with Gasteiger partial charge < -0.3 is 15.6 Å². The number of rotatable bonds is 3. The first kappa shape index (κ1) is 13.2. The third-order valence-corrected chi connectivity index (χ3v) is 4.16. The predicted octanol–water partition coefficient (Wildman–Crippen LogP) is 2.57. The van der Waals surface area contributed by atoms with Crippen LogP contribution in [0.1, 0.15) is 37.8 Å². The molecule has 1 aromatic heterocycles. The highest BCUT2D eigenvalue weighted by atomic mass is 16.2. The highest BCUT2D eigenvalue weighted by Crippen LogP contribution is 2.35. The van der Waals surface area contributed by atoms with E-state index in [1.54, 1.807) is 0 Å². The monoisotopic (exact) mass is 271 g/mol. The second kappa shape index (κ2) is 5.29. The quantitative estimate of drug-likeness (QED) is 0.901. The number of nitrogens with zero attached hydrogens (tertiary/aromatic N) is 1. The van der Waals surface area contributed by atoms with E-state index in [0.29, 0.717) is 6.42 Å². The van der Waals surface area contributed by atoms with Crippen LogP contribution in [0.5, 0.6) is 0 Å². The minimum atomic E-state index is -0.00708. The lowest BCUT2D eigenvalue weighted by Crippen LogP contribution is -2.49. The van der Waals surface area contributed by atoms with Crippen LogP contribution in [0.2, 0.25) is 0 Å². The maximum Gasteiger partial charge on any atom is 0.223 e. The summed E-state index contributed by atoms with van der Waals surface area (Å²) in [6.45, 7) is 2.87. The molecule has 2 heterocycles. The van der Waals surface area contributed by atoms with Gasteiger partial charge >= 0.3 is 0 Å². The molecule has 2 atom stereocenters. The molecule has 20 heavy (non-hydrogen) atoms. The minimum Gasteiger partial charge on any atom is -0.361 e. The van der Waals surface area contributed by atoms with Gasteiger partial charge in [-0.15, -0.1) is 0 Å². The van der Waals surface area contributed by atoms with Gasteiger partial charge in [-0.25, -0.2) is 0 Å². The maximum absolute atomic E-state index is 12.2. The minimum absolute atomic E-state index is 0.00708. The normalized spacial score (nSPS) is 23.5. The number of aromatic amines is 1. The van der Waals surface area contributed by atoms with Crippen LogP contribution >= 0.6 is 0 Å². The number of amides is 1. The van der Waals surface area contributed by atoms with Crippen LogP contribution < -0.4 is 5.73 Å². The van der Waals surface area contributed by atoms with Gasteiger partial charge in [0.1, 0.15) is 0 Å². The molecule has 3 N–H and O–H groups in total. The fourth-order valence-corrected chi connectivity index (χ4v) is 3.22. The zero-order valence-corrected chi connectivity index (χ0v) is 11.8. The van der Waals surface area contributed by atoms with E-state index >= 15 is 0 Å². The van der Waals surface area contributed by atoms with Crippen LogP contribution in [-0.2, 0) is 4.79 Å². The third kappa shape index (κ3) is 2.10. The summed E-state index contributed by atoms with van der Waals surface area (Å²) in [7, 11) is 0. The highest BCUT2D eigenvalue weighted by molar-refractivity contribution is 5.85. The fourth-order valence-electron chi connectivity index (χ4n) is 3.22. The van der Waals surface area contributed by atoms with E-state index in [0.717, 1.165) is 30.5 Å². The van der Waals surface area contributed by atoms with E-state index in [9.17, 15) is 4.79 Å². The number of carbonyl (C=O) groups excluding carboxylic acids is 1. The Bertz CT molecular complexity index is 619. The molecule has 1 aromatic carbocycles. The average molecular weight is 271 g/mol. The standard InChI is InChI=1S/C16H21N3O/c1-2-9-19-15(20)8-7-13(17)16(19)12-10-18-14-6-4-3-5-11(12)14/h3-6,10,13,16,18H,2,7-9,17H2,1H3. The molecule has 3 rings (SSSR count). The number of nitrogens with two attached hydrogens (primary N) is 1. The van der Waals surface area contributed by atoms with Crippen molar-refractivity contribution in [1.29, 1.82) is 0 Å². The summed E-state index contributed by atoms with van der Waals surface area (Å²) in [6.07, 6.45) is 4.30. The molecule has 1 aliphatic rings. The van der Waals surface area contributed by atoms with E-state index in [4.69, 9.17) is 5.73 Å². The number of piperidine rings is 1. The van der Waals surface area contributed by atoms with E-state index in [-0.39, 0.29) is 18.0 Å². The first-order chi connectivity index (χ1) is 9.72. The van der Waals surface area contributed by atoms with Gasteiger partial charge in [-0.2, -0.15) is 0 Å². The first-order valence-electron chi connectivity index (χ1n) is 7.33. The molecule has 1 fully saturated rings. The van der Waals surface area contributed by atoms with Gasteiger partial charge in [0.2, 0.25) is 5.91 Å². The molecular formula is C16H21N3O. The number of benzene rings is 1. The molecule has 106 valence electrons. The molecule has 0 bridgehead atoms. The van der Waals surface area contributed by atoms with E-state index in [1.165, 1.54) is 5.39 Å². The lowest BCUT2D eigenvalue weighted by molar-refractivity contribution is -0.137. The molecular weight excluding hydrogens is 250 g/mol. The summed E-state index contributed by atoms with van der Waals surface area (Å²) in [6, 6.07) is 8.19. The summed E-state index contributed by atoms with van der Waals surface area (Å²) in [4.78, 5) is 17.5. The topological polar surface area (TPSA) is 62.1 Å². The van der Waals surface area contributed by atoms with Crippen molar-refractivity contribution in [3.05, 3.63) is 36.0 Å². The van der Waals surface area contributed by atoms with Gasteiger partial charge in [0, 0.05) is 41.7 Å². The number of hydrogen-bond donors (Lipinski definition) is 2. The Labute approximate surface area is 118 Å². The number of fused-ring (bicyclic) bond motifs is 1. The molecule has 1 amide bonds. The van der Waals surface area contributed by atoms with Crippen molar-refractivity contribution in [1.82, 2.24) is 9.88 Å². The Kier molecular flexibility index (Phi) is 3.49. The SMILES string of the molecule is CCCN1C(=O)CCC(N)C1c1c[nH]c2ccccc12. The number of hydrogen-bond acceptors (Lipinski definition) is 2. The number of H-pyrrole nitrogens is 1. The first-order valence-corrected chi connectivity index (χ1v) is 7.33. The van der Waals surface area contributed by atoms with Gasteiger partial charge in [-0.05, 0) is 18.9 Å². The zero-order chi connectivity index (χ0) is 14.1. The summed E-state index contributed by atoms with van der Waals surface area (Å²) in [5.74, 6) is 0.226. The Balaban J connectivity index is 2.06. The average Bonchev–Trinajstić information content (AvgIpc) is 2.87. The summed E-state index contributed by atoms with van der Waals surface area (Å²) in [5, 5.41) is 1.17. The molecule has 2 aromatic rings. The van der Waals surface area contributed by atoms with Crippen LogP contribution in [-0.4, -0.2) is 28.4 Å². The second-order valence-electron chi connectivity index (χ2n) is 5.52. The number of nitrogens with one attached hydrogen (secondary N) is 1. The van der Waals surface area contributed by atoms with Crippen molar-refractivity contribution in [3.63, 3.8) is 0 Å². The molecule has 4 heteroatoms. The summed E-state index contributed by atoms with van der Waals surface area (Å²) in [5.41, 5.74) is 8.59. The van der Waals surface area contributed by atoms with Crippen molar-refractivity contribution in [2.75, 3.05) is 6.54 Å². The van der Waals surface area contributed by atoms with Gasteiger partial charge in [-0.1, -0.05) is 25.1 Å². The third-order valence-electron chi connectivity index (χ3n) is 4.16. The fraction of sp³-hybridized carbons (Fsp3) is 0.438. The number of likely N-dealkylation sites (tertiary alicyclic amines) is 1. The van der Waals surface area contributed by atoms with Crippen molar-refractivity contribution in [2.24, 2.45) is 5.73 Å². The smallest absolute Gasteiger partial charge is 0.223 e. The Morgan fingerprint density at radius 2 is 2.20 bits per heavy atom. The largest absolute Gasteiger partial charge is 0.361 e. The number of carbonyl (C=O) groups is 1. The van der Waals surface area contributed by atoms with Gasteiger partial charge in [0.15, 0.2) is 0 Å². The molecule has 0 saturated carbocycles. The maximum atomic E-state index is 12.2. The van der Waals surface area contributed by atoms with Crippen LogP contribution in [0.15, 0.2) is 30.5 Å². The van der Waals surface area contributed by atoms with Crippen molar-refractivity contribution >= 4 is 16.8 Å². The molecule has 0 spiro atoms. The number of para-hydroxylation sites is 1. The van der Waals surface area contributed by atoms with Gasteiger partial charge in [0.05, 0.1) is 6.04 Å². The Morgan fingerprint density at radius 3 is 3.00 bits per heavy atom. The van der Waals surface area contributed by atoms with Crippen molar-refractivity contribution < 1.29 is 4.79 Å². The molecule has 2 unspecified atom stereocenters. The van der Waals surface area contributed by atoms with E-state index in [2.05, 4.69) is 24.0 Å². The van der Waals surface area contributed by atoms with Crippen LogP contribution in [0, 0.1) is 0 Å². The van der Waals surface area contributed by atoms with E-state index in [1.807, 2.05) is 23.2 Å². The number of aromatic nitrogens is 1. The van der Waals surface area contributed by atoms with Gasteiger partial charge in [-0.3, -0.25) is 4.79 Å². The molecule has 0 aliphatic carbocycles. The molecule has 4 nitrogen and oxygen atoms in total. The van der Waals surface area contributed by atoms with E-state index < -0.39 is 0 Å². The second-order valence-corrected chi connectivity index (χ2v) is 5.52. The highest BCUT2D eigenvalue weighted by Gasteiger charge is 2.35. The Morgan fingerprint density at radius 1 is 1.40 bits per heavy atom.